The Morgan fingerprint density at radius 3 is 2.88 bits per heavy atom. The van der Waals surface area contributed by atoms with Gasteiger partial charge in [-0.25, -0.2) is 4.98 Å². The predicted octanol–water partition coefficient (Wildman–Crippen LogP) is 2.08. The van der Waals surface area contributed by atoms with E-state index in [0.717, 1.165) is 25.9 Å². The molecule has 1 aromatic carbocycles. The molecule has 3 nitrogen and oxygen atoms in total. The Labute approximate surface area is 101 Å². The van der Waals surface area contributed by atoms with E-state index in [9.17, 15) is 0 Å². The first-order chi connectivity index (χ1) is 8.38. The number of nitrogens with zero attached hydrogens (tertiary/aromatic N) is 2. The molecule has 3 heteroatoms. The lowest BCUT2D eigenvalue weighted by Gasteiger charge is -2.15. The minimum absolute atomic E-state index is 0.898. The average molecular weight is 227 g/mol. The first-order valence-corrected chi connectivity index (χ1v) is 6.23. The second-order valence-corrected chi connectivity index (χ2v) is 4.45. The third kappa shape index (κ3) is 1.87. The third-order valence-corrected chi connectivity index (χ3v) is 3.41. The molecule has 0 spiro atoms. The van der Waals surface area contributed by atoms with E-state index in [0.29, 0.717) is 0 Å². The highest BCUT2D eigenvalue weighted by molar-refractivity contribution is 5.38. The van der Waals surface area contributed by atoms with Gasteiger partial charge >= 0.3 is 0 Å². The van der Waals surface area contributed by atoms with Crippen molar-refractivity contribution >= 4 is 0 Å². The summed E-state index contributed by atoms with van der Waals surface area (Å²) in [5, 5.41) is 3.35. The van der Waals surface area contributed by atoms with Crippen molar-refractivity contribution < 1.29 is 0 Å². The van der Waals surface area contributed by atoms with Crippen LogP contribution in [0.15, 0.2) is 30.6 Å². The Morgan fingerprint density at radius 2 is 2.12 bits per heavy atom. The summed E-state index contributed by atoms with van der Waals surface area (Å²) in [6, 6.07) is 8.76. The molecule has 1 N–H and O–H groups in total. The Morgan fingerprint density at radius 1 is 1.29 bits per heavy atom. The van der Waals surface area contributed by atoms with Crippen LogP contribution >= 0.6 is 0 Å². The summed E-state index contributed by atoms with van der Waals surface area (Å²) in [4.78, 5) is 4.48. The van der Waals surface area contributed by atoms with Gasteiger partial charge in [-0.3, -0.25) is 0 Å². The van der Waals surface area contributed by atoms with Crippen molar-refractivity contribution in [2.24, 2.45) is 0 Å². The number of benzene rings is 1. The molecule has 1 aliphatic heterocycles. The number of rotatable bonds is 2. The summed E-state index contributed by atoms with van der Waals surface area (Å²) in [6.45, 7) is 4.13. The van der Waals surface area contributed by atoms with E-state index in [1.165, 1.54) is 22.6 Å². The number of aryl methyl sites for hydroxylation is 1. The van der Waals surface area contributed by atoms with E-state index in [4.69, 9.17) is 0 Å². The highest BCUT2D eigenvalue weighted by Crippen LogP contribution is 2.18. The van der Waals surface area contributed by atoms with Crippen molar-refractivity contribution in [3.05, 3.63) is 47.5 Å². The largest absolute Gasteiger partial charge is 0.311 e. The summed E-state index contributed by atoms with van der Waals surface area (Å²) in [5.41, 5.74) is 5.14. The molecule has 88 valence electrons. The Kier molecular flexibility index (Phi) is 2.69. The maximum Gasteiger partial charge on any atom is 0.0998 e. The minimum Gasteiger partial charge on any atom is -0.311 e. The predicted molar refractivity (Wildman–Crippen MR) is 68.4 cm³/mol. The SMILES string of the molecule is CCc1ccc(-n2cnc3c2CCNC3)cc1. The number of aromatic nitrogens is 2. The summed E-state index contributed by atoms with van der Waals surface area (Å²) >= 11 is 0. The lowest BCUT2D eigenvalue weighted by molar-refractivity contribution is 0.620. The van der Waals surface area contributed by atoms with Crippen LogP contribution in [-0.2, 0) is 19.4 Å². The molecule has 17 heavy (non-hydrogen) atoms. The number of hydrogen-bond acceptors (Lipinski definition) is 2. The third-order valence-electron chi connectivity index (χ3n) is 3.41. The summed E-state index contributed by atoms with van der Waals surface area (Å²) < 4.78 is 2.22. The number of fused-ring (bicyclic) bond motifs is 1. The van der Waals surface area contributed by atoms with Crippen LogP contribution in [0, 0.1) is 0 Å². The van der Waals surface area contributed by atoms with Gasteiger partial charge in [0.15, 0.2) is 0 Å². The van der Waals surface area contributed by atoms with Crippen LogP contribution in [-0.4, -0.2) is 16.1 Å². The molecule has 0 atom stereocenters. The van der Waals surface area contributed by atoms with Crippen molar-refractivity contribution in [3.8, 4) is 5.69 Å². The molecule has 1 aliphatic rings. The maximum absolute atomic E-state index is 4.48. The van der Waals surface area contributed by atoms with Crippen molar-refractivity contribution in [2.45, 2.75) is 26.3 Å². The van der Waals surface area contributed by atoms with Gasteiger partial charge in [0.25, 0.3) is 0 Å². The molecule has 0 saturated carbocycles. The van der Waals surface area contributed by atoms with Gasteiger partial charge in [-0.2, -0.15) is 0 Å². The lowest BCUT2D eigenvalue weighted by Crippen LogP contribution is -2.24. The van der Waals surface area contributed by atoms with Crippen LogP contribution in [0.2, 0.25) is 0 Å². The highest BCUT2D eigenvalue weighted by Gasteiger charge is 2.15. The van der Waals surface area contributed by atoms with Crippen LogP contribution in [0.25, 0.3) is 5.69 Å². The number of nitrogens with one attached hydrogen (secondary N) is 1. The Hall–Kier alpha value is -1.61. The topological polar surface area (TPSA) is 29.9 Å². The molecular weight excluding hydrogens is 210 g/mol. The van der Waals surface area contributed by atoms with Gasteiger partial charge in [0.1, 0.15) is 0 Å². The molecule has 0 unspecified atom stereocenters. The quantitative estimate of drug-likeness (QED) is 0.851. The number of imidazole rings is 1. The van der Waals surface area contributed by atoms with Crippen LogP contribution in [0.4, 0.5) is 0 Å². The molecule has 0 radical (unpaired) electrons. The second-order valence-electron chi connectivity index (χ2n) is 4.45. The minimum atomic E-state index is 0.898. The normalized spacial score (nSPS) is 14.6. The highest BCUT2D eigenvalue weighted by atomic mass is 15.1. The fourth-order valence-corrected chi connectivity index (χ4v) is 2.35. The van der Waals surface area contributed by atoms with Gasteiger partial charge in [0.2, 0.25) is 0 Å². The van der Waals surface area contributed by atoms with Crippen LogP contribution < -0.4 is 5.32 Å². The first-order valence-electron chi connectivity index (χ1n) is 6.23. The molecule has 1 aromatic heterocycles. The zero-order chi connectivity index (χ0) is 11.7. The van der Waals surface area contributed by atoms with Crippen molar-refractivity contribution in [1.82, 2.24) is 14.9 Å². The van der Waals surface area contributed by atoms with Gasteiger partial charge in [-0.15, -0.1) is 0 Å². The van der Waals surface area contributed by atoms with Gasteiger partial charge in [-0.1, -0.05) is 19.1 Å². The summed E-state index contributed by atoms with van der Waals surface area (Å²) in [7, 11) is 0. The maximum atomic E-state index is 4.48. The fraction of sp³-hybridized carbons (Fsp3) is 0.357. The Balaban J connectivity index is 2.00. The second kappa shape index (κ2) is 4.34. The van der Waals surface area contributed by atoms with E-state index in [2.05, 4.69) is 46.1 Å². The average Bonchev–Trinajstić information content (AvgIpc) is 2.83. The molecule has 0 amide bonds. The summed E-state index contributed by atoms with van der Waals surface area (Å²) in [6.07, 6.45) is 4.09. The lowest BCUT2D eigenvalue weighted by atomic mass is 10.1. The van der Waals surface area contributed by atoms with Crippen LogP contribution in [0.3, 0.4) is 0 Å². The van der Waals surface area contributed by atoms with E-state index in [1.54, 1.807) is 0 Å². The standard InChI is InChI=1S/C14H17N3/c1-2-11-3-5-12(6-4-11)17-10-16-13-9-15-8-7-14(13)17/h3-6,10,15H,2,7-9H2,1H3. The summed E-state index contributed by atoms with van der Waals surface area (Å²) in [5.74, 6) is 0. The zero-order valence-electron chi connectivity index (χ0n) is 10.1. The van der Waals surface area contributed by atoms with Crippen molar-refractivity contribution in [2.75, 3.05) is 6.54 Å². The molecule has 2 heterocycles. The molecule has 2 aromatic rings. The van der Waals surface area contributed by atoms with E-state index in [1.807, 2.05) is 6.33 Å². The zero-order valence-corrected chi connectivity index (χ0v) is 10.1. The molecule has 0 aliphatic carbocycles. The van der Waals surface area contributed by atoms with E-state index in [-0.39, 0.29) is 0 Å². The molecule has 0 bridgehead atoms. The number of hydrogen-bond donors (Lipinski definition) is 1. The molecule has 0 saturated heterocycles. The van der Waals surface area contributed by atoms with E-state index >= 15 is 0 Å². The Bertz CT molecular complexity index is 511. The van der Waals surface area contributed by atoms with E-state index < -0.39 is 0 Å². The monoisotopic (exact) mass is 227 g/mol. The van der Waals surface area contributed by atoms with Gasteiger partial charge in [0, 0.05) is 30.9 Å². The van der Waals surface area contributed by atoms with Crippen molar-refractivity contribution in [3.63, 3.8) is 0 Å². The molecule has 3 rings (SSSR count). The molecular formula is C14H17N3. The van der Waals surface area contributed by atoms with Gasteiger partial charge < -0.3 is 9.88 Å². The smallest absolute Gasteiger partial charge is 0.0998 e. The van der Waals surface area contributed by atoms with Crippen LogP contribution in [0.1, 0.15) is 23.9 Å². The molecule has 0 fully saturated rings. The fourth-order valence-electron chi connectivity index (χ4n) is 2.35. The van der Waals surface area contributed by atoms with Gasteiger partial charge in [0.05, 0.1) is 12.0 Å². The van der Waals surface area contributed by atoms with Crippen LogP contribution in [0.5, 0.6) is 0 Å². The van der Waals surface area contributed by atoms with Crippen molar-refractivity contribution in [1.29, 1.82) is 0 Å². The first kappa shape index (κ1) is 10.5. The van der Waals surface area contributed by atoms with Gasteiger partial charge in [-0.05, 0) is 24.1 Å².